The summed E-state index contributed by atoms with van der Waals surface area (Å²) in [7, 11) is 0. The number of aromatic nitrogens is 1. The van der Waals surface area contributed by atoms with E-state index in [0.29, 0.717) is 5.92 Å². The van der Waals surface area contributed by atoms with Crippen LogP contribution in [0.1, 0.15) is 31.2 Å². The average Bonchev–Trinajstić information content (AvgIpc) is 2.90. The number of halogens is 1. The van der Waals surface area contributed by atoms with Crippen molar-refractivity contribution in [1.82, 2.24) is 4.98 Å². The van der Waals surface area contributed by atoms with E-state index in [1.165, 1.54) is 5.56 Å². The normalized spacial score (nSPS) is 11.2. The van der Waals surface area contributed by atoms with Crippen LogP contribution in [0.5, 0.6) is 0 Å². The van der Waals surface area contributed by atoms with Crippen LogP contribution in [0.2, 0.25) is 0 Å². The van der Waals surface area contributed by atoms with Gasteiger partial charge < -0.3 is 9.73 Å². The number of hydrogen-bond donors (Lipinski definition) is 1. The van der Waals surface area contributed by atoms with Gasteiger partial charge in [-0.15, -0.1) is 0 Å². The molecule has 1 heterocycles. The number of fused-ring (bicyclic) bond motifs is 1. The third kappa shape index (κ3) is 3.10. The van der Waals surface area contributed by atoms with Crippen molar-refractivity contribution in [1.29, 1.82) is 0 Å². The van der Waals surface area contributed by atoms with E-state index < -0.39 is 0 Å². The second-order valence-corrected chi connectivity index (χ2v) is 6.19. The molecule has 21 heavy (non-hydrogen) atoms. The van der Waals surface area contributed by atoms with Gasteiger partial charge in [0.2, 0.25) is 0 Å². The molecule has 3 nitrogen and oxygen atoms in total. The first-order valence-corrected chi connectivity index (χ1v) is 7.80. The standard InChI is InChI=1S/C17H17BrN2O/c1-11(2)17-20-15-9-13(7-8-16(15)21-17)19-10-12-5-3-4-6-14(12)18/h3-9,11,19H,10H2,1-2H3. The molecule has 0 aliphatic heterocycles. The van der Waals surface area contributed by atoms with Crippen LogP contribution in [-0.2, 0) is 6.54 Å². The summed E-state index contributed by atoms with van der Waals surface area (Å²) in [5.74, 6) is 1.09. The minimum atomic E-state index is 0.300. The van der Waals surface area contributed by atoms with Gasteiger partial charge in [0.1, 0.15) is 5.52 Å². The third-order valence-corrected chi connectivity index (χ3v) is 4.11. The Bertz CT molecular complexity index is 764. The zero-order valence-corrected chi connectivity index (χ0v) is 13.6. The van der Waals surface area contributed by atoms with Crippen molar-refractivity contribution in [3.05, 3.63) is 58.4 Å². The van der Waals surface area contributed by atoms with Gasteiger partial charge in [-0.1, -0.05) is 48.0 Å². The number of nitrogens with zero attached hydrogens (tertiary/aromatic N) is 1. The van der Waals surface area contributed by atoms with E-state index in [0.717, 1.165) is 33.7 Å². The molecule has 0 atom stereocenters. The molecule has 1 N–H and O–H groups in total. The largest absolute Gasteiger partial charge is 0.440 e. The molecule has 0 spiro atoms. The first-order chi connectivity index (χ1) is 10.1. The fourth-order valence-electron chi connectivity index (χ4n) is 2.14. The van der Waals surface area contributed by atoms with Gasteiger partial charge in [0, 0.05) is 22.6 Å². The van der Waals surface area contributed by atoms with Gasteiger partial charge in [0.25, 0.3) is 0 Å². The second-order valence-electron chi connectivity index (χ2n) is 5.33. The molecule has 2 aromatic carbocycles. The van der Waals surface area contributed by atoms with Crippen LogP contribution in [0, 0.1) is 0 Å². The number of nitrogens with one attached hydrogen (secondary N) is 1. The van der Waals surface area contributed by atoms with E-state index in [1.54, 1.807) is 0 Å². The van der Waals surface area contributed by atoms with Gasteiger partial charge in [-0.05, 0) is 29.8 Å². The Kier molecular flexibility index (Phi) is 3.97. The van der Waals surface area contributed by atoms with Crippen LogP contribution in [0.25, 0.3) is 11.1 Å². The first-order valence-electron chi connectivity index (χ1n) is 7.01. The van der Waals surface area contributed by atoms with Gasteiger partial charge in [0.15, 0.2) is 11.5 Å². The van der Waals surface area contributed by atoms with Crippen molar-refractivity contribution in [3.63, 3.8) is 0 Å². The van der Waals surface area contributed by atoms with Crippen molar-refractivity contribution in [2.24, 2.45) is 0 Å². The molecule has 108 valence electrons. The van der Waals surface area contributed by atoms with Crippen molar-refractivity contribution in [2.45, 2.75) is 26.3 Å². The highest BCUT2D eigenvalue weighted by atomic mass is 79.9. The highest BCUT2D eigenvalue weighted by Crippen LogP contribution is 2.24. The Morgan fingerprint density at radius 1 is 1.19 bits per heavy atom. The maximum absolute atomic E-state index is 5.72. The number of oxazole rings is 1. The second kappa shape index (κ2) is 5.90. The molecule has 0 amide bonds. The molecule has 3 aromatic rings. The van der Waals surface area contributed by atoms with E-state index in [-0.39, 0.29) is 0 Å². The summed E-state index contributed by atoms with van der Waals surface area (Å²) < 4.78 is 6.83. The number of benzene rings is 2. The first kappa shape index (κ1) is 14.1. The van der Waals surface area contributed by atoms with Crippen molar-refractivity contribution < 1.29 is 4.42 Å². The zero-order valence-electron chi connectivity index (χ0n) is 12.1. The highest BCUT2D eigenvalue weighted by Gasteiger charge is 2.09. The molecular weight excluding hydrogens is 328 g/mol. The highest BCUT2D eigenvalue weighted by molar-refractivity contribution is 9.10. The fourth-order valence-corrected chi connectivity index (χ4v) is 2.57. The molecule has 0 aliphatic carbocycles. The maximum atomic E-state index is 5.72. The van der Waals surface area contributed by atoms with Crippen molar-refractivity contribution in [3.8, 4) is 0 Å². The number of hydrogen-bond acceptors (Lipinski definition) is 3. The zero-order chi connectivity index (χ0) is 14.8. The average molecular weight is 345 g/mol. The summed E-state index contributed by atoms with van der Waals surface area (Å²) in [6.45, 7) is 4.93. The molecule has 0 unspecified atom stereocenters. The molecule has 0 fully saturated rings. The number of rotatable bonds is 4. The quantitative estimate of drug-likeness (QED) is 0.695. The van der Waals surface area contributed by atoms with Crippen LogP contribution in [0.4, 0.5) is 5.69 Å². The Morgan fingerprint density at radius 2 is 2.00 bits per heavy atom. The van der Waals surface area contributed by atoms with E-state index >= 15 is 0 Å². The summed E-state index contributed by atoms with van der Waals surface area (Å²) in [5, 5.41) is 3.42. The van der Waals surface area contributed by atoms with E-state index in [2.05, 4.69) is 46.1 Å². The van der Waals surface area contributed by atoms with Crippen LogP contribution in [0.15, 0.2) is 51.4 Å². The lowest BCUT2D eigenvalue weighted by atomic mass is 10.2. The van der Waals surface area contributed by atoms with Crippen LogP contribution in [-0.4, -0.2) is 4.98 Å². The minimum absolute atomic E-state index is 0.300. The van der Waals surface area contributed by atoms with Crippen LogP contribution >= 0.6 is 15.9 Å². The van der Waals surface area contributed by atoms with Gasteiger partial charge in [0.05, 0.1) is 0 Å². The SMILES string of the molecule is CC(C)c1nc2cc(NCc3ccccc3Br)ccc2o1. The van der Waals surface area contributed by atoms with E-state index in [1.807, 2.05) is 36.4 Å². The van der Waals surface area contributed by atoms with Gasteiger partial charge in [-0.2, -0.15) is 0 Å². The molecule has 1 aromatic heterocycles. The van der Waals surface area contributed by atoms with Gasteiger partial charge >= 0.3 is 0 Å². The summed E-state index contributed by atoms with van der Waals surface area (Å²) in [6.07, 6.45) is 0. The van der Waals surface area contributed by atoms with Gasteiger partial charge in [-0.3, -0.25) is 0 Å². The fraction of sp³-hybridized carbons (Fsp3) is 0.235. The minimum Gasteiger partial charge on any atom is -0.440 e. The summed E-state index contributed by atoms with van der Waals surface area (Å²) in [6, 6.07) is 14.2. The van der Waals surface area contributed by atoms with Crippen molar-refractivity contribution >= 4 is 32.7 Å². The Balaban J connectivity index is 1.80. The molecule has 0 aliphatic rings. The van der Waals surface area contributed by atoms with Crippen LogP contribution < -0.4 is 5.32 Å². The molecule has 0 bridgehead atoms. The molecule has 0 radical (unpaired) electrons. The van der Waals surface area contributed by atoms with E-state index in [4.69, 9.17) is 4.42 Å². The molecule has 0 saturated carbocycles. The van der Waals surface area contributed by atoms with Gasteiger partial charge in [-0.25, -0.2) is 4.98 Å². The smallest absolute Gasteiger partial charge is 0.198 e. The maximum Gasteiger partial charge on any atom is 0.198 e. The summed E-state index contributed by atoms with van der Waals surface area (Å²) >= 11 is 3.56. The molecule has 0 saturated heterocycles. The predicted molar refractivity (Wildman–Crippen MR) is 89.6 cm³/mol. The molecule has 4 heteroatoms. The van der Waals surface area contributed by atoms with Crippen molar-refractivity contribution in [2.75, 3.05) is 5.32 Å². The molecule has 3 rings (SSSR count). The Morgan fingerprint density at radius 3 is 2.76 bits per heavy atom. The number of anilines is 1. The lowest BCUT2D eigenvalue weighted by molar-refractivity contribution is 0.501. The van der Waals surface area contributed by atoms with E-state index in [9.17, 15) is 0 Å². The molecular formula is C17H17BrN2O. The third-order valence-electron chi connectivity index (χ3n) is 3.34. The summed E-state index contributed by atoms with van der Waals surface area (Å²) in [5.41, 5.74) is 4.00. The monoisotopic (exact) mass is 344 g/mol. The Labute approximate surface area is 132 Å². The topological polar surface area (TPSA) is 38.1 Å². The predicted octanol–water partition coefficient (Wildman–Crippen LogP) is 5.33. The lowest BCUT2D eigenvalue weighted by Gasteiger charge is -2.07. The Hall–Kier alpha value is -1.81. The van der Waals surface area contributed by atoms with Crippen LogP contribution in [0.3, 0.4) is 0 Å². The summed E-state index contributed by atoms with van der Waals surface area (Å²) in [4.78, 5) is 4.53. The lowest BCUT2D eigenvalue weighted by Crippen LogP contribution is -1.99.